The molecule has 2 aliphatic rings. The maximum atomic E-state index is 12.8. The summed E-state index contributed by atoms with van der Waals surface area (Å²) in [5.74, 6) is 0.172. The van der Waals surface area contributed by atoms with Crippen LogP contribution in [0.25, 0.3) is 0 Å². The zero-order valence-corrected chi connectivity index (χ0v) is 16.2. The van der Waals surface area contributed by atoms with Gasteiger partial charge in [0.1, 0.15) is 5.00 Å². The molecule has 4 rings (SSSR count). The van der Waals surface area contributed by atoms with Crippen molar-refractivity contribution in [3.8, 4) is 0 Å². The van der Waals surface area contributed by atoms with Crippen LogP contribution in [0, 0.1) is 0 Å². The van der Waals surface area contributed by atoms with Gasteiger partial charge in [-0.2, -0.15) is 0 Å². The number of hydrogen-bond donors (Lipinski definition) is 3. The van der Waals surface area contributed by atoms with Crippen molar-refractivity contribution < 1.29 is 4.79 Å². The van der Waals surface area contributed by atoms with Crippen molar-refractivity contribution in [3.63, 3.8) is 0 Å². The third kappa shape index (κ3) is 3.91. The highest BCUT2D eigenvalue weighted by Crippen LogP contribution is 2.38. The number of anilines is 3. The Kier molecular flexibility index (Phi) is 5.27. The van der Waals surface area contributed by atoms with Crippen molar-refractivity contribution in [2.45, 2.75) is 50.5 Å². The average Bonchev–Trinajstić information content (AvgIpc) is 3.31. The number of piperidine rings is 1. The first-order valence-corrected chi connectivity index (χ1v) is 10.5. The van der Waals surface area contributed by atoms with Crippen molar-refractivity contribution in [1.29, 1.82) is 0 Å². The number of rotatable bonds is 4. The molecule has 0 bridgehead atoms. The van der Waals surface area contributed by atoms with Crippen LogP contribution in [0.2, 0.25) is 0 Å². The summed E-state index contributed by atoms with van der Waals surface area (Å²) in [6.07, 6.45) is 10.2. The van der Waals surface area contributed by atoms with E-state index < -0.39 is 0 Å². The van der Waals surface area contributed by atoms with Crippen molar-refractivity contribution in [2.75, 3.05) is 29.0 Å². The molecule has 2 aromatic rings. The Hall–Kier alpha value is -2.19. The summed E-state index contributed by atoms with van der Waals surface area (Å²) in [6, 6.07) is 2.07. The Bertz CT molecular complexity index is 816. The lowest BCUT2D eigenvalue weighted by atomic mass is 10.1. The number of nitrogens with zero attached hydrogens (tertiary/aromatic N) is 3. The van der Waals surface area contributed by atoms with Gasteiger partial charge in [0.15, 0.2) is 5.69 Å². The lowest BCUT2D eigenvalue weighted by Gasteiger charge is -2.33. The standard InChI is InChI=1S/C19H26N6OS/c20-13-6-3-9-25(11-13)15-7-8-22-10-14(15)23-18(26)16-17(21)27-19(24-16)12-4-1-2-5-12/h7-8,10,12-13H,1-6,9,11,20-21H2,(H,23,26). The number of aromatic nitrogens is 2. The summed E-state index contributed by atoms with van der Waals surface area (Å²) in [4.78, 5) is 23.8. The van der Waals surface area contributed by atoms with Gasteiger partial charge < -0.3 is 21.7 Å². The summed E-state index contributed by atoms with van der Waals surface area (Å²) in [5, 5.41) is 4.44. The number of nitrogen functional groups attached to an aromatic ring is 1. The predicted octanol–water partition coefficient (Wildman–Crippen LogP) is 2.96. The van der Waals surface area contributed by atoms with Crippen LogP contribution in [0.3, 0.4) is 0 Å². The SMILES string of the molecule is Nc1sc(C2CCCC2)nc1C(=O)Nc1cnccc1N1CCCC(N)C1. The van der Waals surface area contributed by atoms with Crippen LogP contribution in [-0.2, 0) is 0 Å². The highest BCUT2D eigenvalue weighted by Gasteiger charge is 2.25. The minimum atomic E-state index is -0.274. The minimum absolute atomic E-state index is 0.152. The van der Waals surface area contributed by atoms with Gasteiger partial charge in [-0.05, 0) is 31.7 Å². The fraction of sp³-hybridized carbons (Fsp3) is 0.526. The Morgan fingerprint density at radius 2 is 2.07 bits per heavy atom. The quantitative estimate of drug-likeness (QED) is 0.745. The molecule has 1 aliphatic carbocycles. The predicted molar refractivity (Wildman–Crippen MR) is 109 cm³/mol. The van der Waals surface area contributed by atoms with E-state index >= 15 is 0 Å². The maximum absolute atomic E-state index is 12.8. The molecule has 0 aromatic carbocycles. The number of pyridine rings is 1. The van der Waals surface area contributed by atoms with Gasteiger partial charge in [-0.1, -0.05) is 12.8 Å². The van der Waals surface area contributed by atoms with Crippen LogP contribution in [0.1, 0.15) is 59.9 Å². The van der Waals surface area contributed by atoms with E-state index in [4.69, 9.17) is 11.5 Å². The van der Waals surface area contributed by atoms with Gasteiger partial charge in [0.05, 0.1) is 22.6 Å². The minimum Gasteiger partial charge on any atom is -0.389 e. The van der Waals surface area contributed by atoms with Gasteiger partial charge in [-0.3, -0.25) is 9.78 Å². The molecule has 0 radical (unpaired) electrons. The fourth-order valence-corrected chi connectivity index (χ4v) is 5.03. The van der Waals surface area contributed by atoms with Crippen LogP contribution >= 0.6 is 11.3 Å². The molecule has 1 aliphatic heterocycles. The molecule has 2 fully saturated rings. The summed E-state index contributed by atoms with van der Waals surface area (Å²) < 4.78 is 0. The maximum Gasteiger partial charge on any atom is 0.277 e. The first-order valence-electron chi connectivity index (χ1n) is 9.64. The van der Waals surface area contributed by atoms with Crippen molar-refractivity contribution in [2.24, 2.45) is 5.73 Å². The van der Waals surface area contributed by atoms with E-state index in [9.17, 15) is 4.79 Å². The largest absolute Gasteiger partial charge is 0.389 e. The molecule has 0 spiro atoms. The number of hydrogen-bond acceptors (Lipinski definition) is 7. The van der Waals surface area contributed by atoms with E-state index in [1.165, 1.54) is 24.2 Å². The van der Waals surface area contributed by atoms with Crippen LogP contribution in [0.15, 0.2) is 18.5 Å². The Morgan fingerprint density at radius 1 is 1.26 bits per heavy atom. The van der Waals surface area contributed by atoms with E-state index in [0.717, 1.165) is 49.5 Å². The van der Waals surface area contributed by atoms with Crippen molar-refractivity contribution >= 4 is 33.6 Å². The lowest BCUT2D eigenvalue weighted by molar-refractivity contribution is 0.102. The Labute approximate surface area is 163 Å². The zero-order chi connectivity index (χ0) is 18.8. The second kappa shape index (κ2) is 7.82. The molecular formula is C19H26N6OS. The first-order chi connectivity index (χ1) is 13.1. The summed E-state index contributed by atoms with van der Waals surface area (Å²) in [5.41, 5.74) is 14.2. The van der Waals surface area contributed by atoms with Crippen molar-refractivity contribution in [1.82, 2.24) is 9.97 Å². The zero-order valence-electron chi connectivity index (χ0n) is 15.4. The second-order valence-electron chi connectivity index (χ2n) is 7.44. The molecule has 2 aromatic heterocycles. The fourth-order valence-electron chi connectivity index (χ4n) is 4.03. The Balaban J connectivity index is 1.53. The van der Waals surface area contributed by atoms with Gasteiger partial charge >= 0.3 is 0 Å². The van der Waals surface area contributed by atoms with Crippen LogP contribution in [-0.4, -0.2) is 35.0 Å². The van der Waals surface area contributed by atoms with E-state index in [1.807, 2.05) is 6.07 Å². The monoisotopic (exact) mass is 386 g/mol. The average molecular weight is 387 g/mol. The van der Waals surface area contributed by atoms with Crippen LogP contribution in [0.4, 0.5) is 16.4 Å². The number of nitrogens with one attached hydrogen (secondary N) is 1. The molecule has 1 unspecified atom stereocenters. The number of carbonyl (C=O) groups excluding carboxylic acids is 1. The molecule has 3 heterocycles. The molecule has 8 heteroatoms. The molecule has 1 saturated heterocycles. The highest BCUT2D eigenvalue weighted by molar-refractivity contribution is 7.16. The van der Waals surface area contributed by atoms with Gasteiger partial charge in [-0.15, -0.1) is 11.3 Å². The van der Waals surface area contributed by atoms with E-state index in [1.54, 1.807) is 12.4 Å². The van der Waals surface area contributed by atoms with Crippen LogP contribution < -0.4 is 21.7 Å². The number of amides is 1. The van der Waals surface area contributed by atoms with E-state index in [-0.39, 0.29) is 11.9 Å². The highest BCUT2D eigenvalue weighted by atomic mass is 32.1. The summed E-state index contributed by atoms with van der Waals surface area (Å²) >= 11 is 1.45. The number of thiazole rings is 1. The number of carbonyl (C=O) groups is 1. The van der Waals surface area contributed by atoms with E-state index in [0.29, 0.717) is 22.3 Å². The topological polar surface area (TPSA) is 110 Å². The van der Waals surface area contributed by atoms with Crippen molar-refractivity contribution in [3.05, 3.63) is 29.2 Å². The lowest BCUT2D eigenvalue weighted by Crippen LogP contribution is -2.43. The van der Waals surface area contributed by atoms with Crippen LogP contribution in [0.5, 0.6) is 0 Å². The third-order valence-electron chi connectivity index (χ3n) is 5.43. The Morgan fingerprint density at radius 3 is 2.85 bits per heavy atom. The summed E-state index contributed by atoms with van der Waals surface area (Å²) in [6.45, 7) is 1.70. The molecule has 1 atom stereocenters. The molecule has 144 valence electrons. The van der Waals surface area contributed by atoms with Gasteiger partial charge in [0.2, 0.25) is 0 Å². The second-order valence-corrected chi connectivity index (χ2v) is 8.50. The molecule has 5 N–H and O–H groups in total. The third-order valence-corrected chi connectivity index (χ3v) is 6.48. The summed E-state index contributed by atoms with van der Waals surface area (Å²) in [7, 11) is 0. The van der Waals surface area contributed by atoms with Gasteiger partial charge in [0.25, 0.3) is 5.91 Å². The normalized spacial score (nSPS) is 20.8. The smallest absolute Gasteiger partial charge is 0.277 e. The van der Waals surface area contributed by atoms with Gasteiger partial charge in [-0.25, -0.2) is 4.98 Å². The molecule has 1 saturated carbocycles. The first kappa shape index (κ1) is 18.2. The number of nitrogens with two attached hydrogens (primary N) is 2. The molecule has 27 heavy (non-hydrogen) atoms. The molecule has 1 amide bonds. The molecular weight excluding hydrogens is 360 g/mol. The van der Waals surface area contributed by atoms with E-state index in [2.05, 4.69) is 20.2 Å². The van der Waals surface area contributed by atoms with Gasteiger partial charge in [0, 0.05) is 31.2 Å². The molecule has 7 nitrogen and oxygen atoms in total.